The molecule has 0 saturated heterocycles. The first-order chi connectivity index (χ1) is 14.7. The van der Waals surface area contributed by atoms with Crippen molar-refractivity contribution < 1.29 is 32.3 Å². The molecule has 2 aromatic rings. The van der Waals surface area contributed by atoms with E-state index < -0.39 is 34.5 Å². The van der Waals surface area contributed by atoms with E-state index in [0.717, 1.165) is 5.56 Å². The molecule has 0 aromatic heterocycles. The van der Waals surface area contributed by atoms with Gasteiger partial charge in [0.05, 0.1) is 17.1 Å². The SMILES string of the molecule is COCCNC(=O)NC(=O)COC(=O)c1ccc(S(=O)(=O)Nc2ccc(C)cc2)cc1. The molecule has 0 heterocycles. The Hall–Kier alpha value is -3.44. The molecule has 0 bridgehead atoms. The van der Waals surface area contributed by atoms with Crippen molar-refractivity contribution in [2.75, 3.05) is 31.6 Å². The highest BCUT2D eigenvalue weighted by Gasteiger charge is 2.17. The van der Waals surface area contributed by atoms with E-state index in [4.69, 9.17) is 9.47 Å². The van der Waals surface area contributed by atoms with Crippen molar-refractivity contribution in [2.24, 2.45) is 0 Å². The zero-order chi connectivity index (χ0) is 22.9. The number of urea groups is 1. The second kappa shape index (κ2) is 11.1. The van der Waals surface area contributed by atoms with Crippen molar-refractivity contribution in [3.63, 3.8) is 0 Å². The second-order valence-corrected chi connectivity index (χ2v) is 8.05. The number of nitrogens with one attached hydrogen (secondary N) is 3. The highest BCUT2D eigenvalue weighted by Crippen LogP contribution is 2.17. The molecule has 2 aromatic carbocycles. The third-order valence-electron chi connectivity index (χ3n) is 3.88. The first-order valence-corrected chi connectivity index (χ1v) is 10.6. The van der Waals surface area contributed by atoms with E-state index in [1.54, 1.807) is 24.3 Å². The summed E-state index contributed by atoms with van der Waals surface area (Å²) >= 11 is 0. The summed E-state index contributed by atoms with van der Waals surface area (Å²) in [5, 5.41) is 4.37. The van der Waals surface area contributed by atoms with Crippen LogP contribution in [-0.4, -0.2) is 53.2 Å². The molecule has 0 radical (unpaired) electrons. The Kier molecular flexibility index (Phi) is 8.53. The van der Waals surface area contributed by atoms with E-state index in [2.05, 4.69) is 10.0 Å². The third kappa shape index (κ3) is 7.72. The monoisotopic (exact) mass is 449 g/mol. The predicted octanol–water partition coefficient (Wildman–Crippen LogP) is 1.42. The number of carbonyl (C=O) groups is 3. The molecule has 0 atom stereocenters. The van der Waals surface area contributed by atoms with Gasteiger partial charge in [0.15, 0.2) is 6.61 Å². The fourth-order valence-corrected chi connectivity index (χ4v) is 3.35. The number of anilines is 1. The van der Waals surface area contributed by atoms with E-state index in [-0.39, 0.29) is 23.6 Å². The van der Waals surface area contributed by atoms with Crippen molar-refractivity contribution >= 4 is 33.6 Å². The number of benzene rings is 2. The number of hydrogen-bond donors (Lipinski definition) is 3. The zero-order valence-corrected chi connectivity index (χ0v) is 17.8. The van der Waals surface area contributed by atoms with Crippen molar-refractivity contribution in [1.82, 2.24) is 10.6 Å². The summed E-state index contributed by atoms with van der Waals surface area (Å²) in [5.41, 5.74) is 1.45. The first kappa shape index (κ1) is 23.8. The summed E-state index contributed by atoms with van der Waals surface area (Å²) in [6, 6.07) is 11.1. The van der Waals surface area contributed by atoms with Crippen LogP contribution in [0.5, 0.6) is 0 Å². The van der Waals surface area contributed by atoms with Gasteiger partial charge < -0.3 is 14.8 Å². The fourth-order valence-electron chi connectivity index (χ4n) is 2.29. The maximum absolute atomic E-state index is 12.5. The van der Waals surface area contributed by atoms with Crippen molar-refractivity contribution in [1.29, 1.82) is 0 Å². The molecule has 0 fully saturated rings. The van der Waals surface area contributed by atoms with Crippen LogP contribution in [0.15, 0.2) is 53.4 Å². The molecular formula is C20H23N3O7S. The number of sulfonamides is 1. The Morgan fingerprint density at radius 1 is 0.968 bits per heavy atom. The summed E-state index contributed by atoms with van der Waals surface area (Å²) in [6.07, 6.45) is 0. The van der Waals surface area contributed by atoms with Gasteiger partial charge in [-0.3, -0.25) is 14.8 Å². The lowest BCUT2D eigenvalue weighted by Gasteiger charge is -2.09. The molecule has 0 unspecified atom stereocenters. The number of hydrogen-bond acceptors (Lipinski definition) is 7. The zero-order valence-electron chi connectivity index (χ0n) is 17.0. The van der Waals surface area contributed by atoms with Gasteiger partial charge in [0.2, 0.25) is 0 Å². The maximum atomic E-state index is 12.5. The summed E-state index contributed by atoms with van der Waals surface area (Å²) in [6.45, 7) is 1.70. The smallest absolute Gasteiger partial charge is 0.338 e. The van der Waals surface area contributed by atoms with Crippen molar-refractivity contribution in [2.45, 2.75) is 11.8 Å². The highest BCUT2D eigenvalue weighted by molar-refractivity contribution is 7.92. The number of amides is 3. The topological polar surface area (TPSA) is 140 Å². The minimum Gasteiger partial charge on any atom is -0.452 e. The average Bonchev–Trinajstić information content (AvgIpc) is 2.74. The molecule has 0 spiro atoms. The largest absolute Gasteiger partial charge is 0.452 e. The van der Waals surface area contributed by atoms with Gasteiger partial charge in [-0.25, -0.2) is 18.0 Å². The van der Waals surface area contributed by atoms with Crippen molar-refractivity contribution in [3.8, 4) is 0 Å². The predicted molar refractivity (Wildman–Crippen MR) is 112 cm³/mol. The summed E-state index contributed by atoms with van der Waals surface area (Å²) in [7, 11) is -2.37. The Balaban J connectivity index is 1.89. The highest BCUT2D eigenvalue weighted by atomic mass is 32.2. The lowest BCUT2D eigenvalue weighted by Crippen LogP contribution is -2.42. The number of ether oxygens (including phenoxy) is 2. The van der Waals surface area contributed by atoms with E-state index in [0.29, 0.717) is 5.69 Å². The summed E-state index contributed by atoms with van der Waals surface area (Å²) < 4.78 is 36.9. The molecular weight excluding hydrogens is 426 g/mol. The lowest BCUT2D eigenvalue weighted by molar-refractivity contribution is -0.123. The van der Waals surface area contributed by atoms with Crippen LogP contribution in [-0.2, 0) is 24.3 Å². The molecule has 0 aliphatic rings. The van der Waals surface area contributed by atoms with Gasteiger partial charge in [-0.05, 0) is 43.3 Å². The van der Waals surface area contributed by atoms with Gasteiger partial charge in [0.25, 0.3) is 15.9 Å². The quantitative estimate of drug-likeness (QED) is 0.388. The first-order valence-electron chi connectivity index (χ1n) is 9.14. The van der Waals surface area contributed by atoms with Crippen LogP contribution in [0.4, 0.5) is 10.5 Å². The van der Waals surface area contributed by atoms with E-state index in [1.165, 1.54) is 31.4 Å². The van der Waals surface area contributed by atoms with E-state index in [1.807, 2.05) is 12.2 Å². The van der Waals surface area contributed by atoms with Crippen LogP contribution in [0.2, 0.25) is 0 Å². The average molecular weight is 449 g/mol. The number of carbonyl (C=O) groups excluding carboxylic acids is 3. The lowest BCUT2D eigenvalue weighted by atomic mass is 10.2. The second-order valence-electron chi connectivity index (χ2n) is 6.37. The Bertz CT molecular complexity index is 1020. The molecule has 3 N–H and O–H groups in total. The minimum absolute atomic E-state index is 0.0462. The van der Waals surface area contributed by atoms with Gasteiger partial charge in [0.1, 0.15) is 0 Å². The Labute approximate surface area is 180 Å². The van der Waals surface area contributed by atoms with Crippen LogP contribution in [0, 0.1) is 6.92 Å². The number of imide groups is 1. The molecule has 2 rings (SSSR count). The molecule has 11 heteroatoms. The van der Waals surface area contributed by atoms with Crippen LogP contribution in [0.25, 0.3) is 0 Å². The van der Waals surface area contributed by atoms with Crippen LogP contribution in [0.1, 0.15) is 15.9 Å². The van der Waals surface area contributed by atoms with Crippen LogP contribution >= 0.6 is 0 Å². The Morgan fingerprint density at radius 2 is 1.61 bits per heavy atom. The van der Waals surface area contributed by atoms with Gasteiger partial charge >= 0.3 is 12.0 Å². The molecule has 166 valence electrons. The molecule has 0 saturated carbocycles. The Morgan fingerprint density at radius 3 is 2.23 bits per heavy atom. The van der Waals surface area contributed by atoms with Gasteiger partial charge in [-0.15, -0.1) is 0 Å². The number of methoxy groups -OCH3 is 1. The molecule has 0 aliphatic carbocycles. The minimum atomic E-state index is -3.84. The van der Waals surface area contributed by atoms with Crippen molar-refractivity contribution in [3.05, 3.63) is 59.7 Å². The fraction of sp³-hybridized carbons (Fsp3) is 0.250. The summed E-state index contributed by atoms with van der Waals surface area (Å²) in [5.74, 6) is -1.66. The maximum Gasteiger partial charge on any atom is 0.338 e. The number of esters is 1. The standard InChI is InChI=1S/C20H23N3O7S/c1-14-3-7-16(8-4-14)23-31(27,28)17-9-5-15(6-10-17)19(25)30-13-18(24)22-20(26)21-11-12-29-2/h3-10,23H,11-13H2,1-2H3,(H2,21,22,24,26). The molecule has 10 nitrogen and oxygen atoms in total. The molecule has 31 heavy (non-hydrogen) atoms. The van der Waals surface area contributed by atoms with E-state index >= 15 is 0 Å². The van der Waals surface area contributed by atoms with Crippen LogP contribution < -0.4 is 15.4 Å². The normalized spacial score (nSPS) is 10.8. The number of aryl methyl sites for hydroxylation is 1. The molecule has 3 amide bonds. The molecule has 0 aliphatic heterocycles. The van der Waals surface area contributed by atoms with Gasteiger partial charge in [0, 0.05) is 19.3 Å². The van der Waals surface area contributed by atoms with E-state index in [9.17, 15) is 22.8 Å². The van der Waals surface area contributed by atoms with Gasteiger partial charge in [-0.1, -0.05) is 17.7 Å². The third-order valence-corrected chi connectivity index (χ3v) is 5.28. The summed E-state index contributed by atoms with van der Waals surface area (Å²) in [4.78, 5) is 35.1. The van der Waals surface area contributed by atoms with Crippen LogP contribution in [0.3, 0.4) is 0 Å². The van der Waals surface area contributed by atoms with Gasteiger partial charge in [-0.2, -0.15) is 0 Å². The number of rotatable bonds is 9.